The average molecular weight is 415 g/mol. The van der Waals surface area contributed by atoms with Gasteiger partial charge in [0.2, 0.25) is 0 Å². The fourth-order valence-electron chi connectivity index (χ4n) is 4.62. The molecule has 160 valence electrons. The predicted octanol–water partition coefficient (Wildman–Crippen LogP) is 3.96. The van der Waals surface area contributed by atoms with Crippen LogP contribution in [-0.4, -0.2) is 50.8 Å². The molecule has 1 saturated heterocycles. The lowest BCUT2D eigenvalue weighted by molar-refractivity contribution is 0.323. The smallest absolute Gasteiger partial charge is 0.138 e. The van der Waals surface area contributed by atoms with Crippen molar-refractivity contribution in [2.75, 3.05) is 26.2 Å². The third-order valence-electron chi connectivity index (χ3n) is 6.51. The minimum Gasteiger partial charge on any atom is -0.361 e. The molecule has 2 aromatic heterocycles. The van der Waals surface area contributed by atoms with Crippen molar-refractivity contribution in [2.45, 2.75) is 25.8 Å². The highest BCUT2D eigenvalue weighted by Crippen LogP contribution is 2.23. The SMILES string of the molecule is CC(NC[C@@H]1CCN(CCc2c[nH]c3ccc(-n4cncn4)cc23)C1)c1ccccc1. The largest absolute Gasteiger partial charge is 0.361 e. The maximum absolute atomic E-state index is 4.25. The highest BCUT2D eigenvalue weighted by molar-refractivity contribution is 5.85. The van der Waals surface area contributed by atoms with E-state index in [1.165, 1.54) is 41.5 Å². The number of aromatic amines is 1. The zero-order valence-electron chi connectivity index (χ0n) is 18.0. The minimum absolute atomic E-state index is 0.403. The van der Waals surface area contributed by atoms with Crippen LogP contribution in [0.2, 0.25) is 0 Å². The van der Waals surface area contributed by atoms with Crippen LogP contribution in [0, 0.1) is 5.92 Å². The summed E-state index contributed by atoms with van der Waals surface area (Å²) in [5.74, 6) is 0.730. The van der Waals surface area contributed by atoms with E-state index in [-0.39, 0.29) is 0 Å². The van der Waals surface area contributed by atoms with Crippen molar-refractivity contribution in [3.8, 4) is 5.69 Å². The highest BCUT2D eigenvalue weighted by Gasteiger charge is 2.22. The number of H-pyrrole nitrogens is 1. The second-order valence-corrected chi connectivity index (χ2v) is 8.63. The summed E-state index contributed by atoms with van der Waals surface area (Å²) in [6, 6.07) is 17.5. The van der Waals surface area contributed by atoms with Gasteiger partial charge in [-0.05, 0) is 68.1 Å². The number of hydrogen-bond donors (Lipinski definition) is 2. The van der Waals surface area contributed by atoms with Crippen molar-refractivity contribution in [3.05, 3.63) is 78.5 Å². The van der Waals surface area contributed by atoms with Gasteiger partial charge in [-0.2, -0.15) is 5.10 Å². The van der Waals surface area contributed by atoms with E-state index in [1.54, 1.807) is 12.7 Å². The summed E-state index contributed by atoms with van der Waals surface area (Å²) in [6.07, 6.45) is 7.80. The molecule has 6 nitrogen and oxygen atoms in total. The summed E-state index contributed by atoms with van der Waals surface area (Å²) in [4.78, 5) is 10.1. The number of aromatic nitrogens is 4. The molecule has 0 amide bonds. The molecular formula is C25H30N6. The van der Waals surface area contributed by atoms with E-state index >= 15 is 0 Å². The van der Waals surface area contributed by atoms with Gasteiger partial charge in [-0.1, -0.05) is 30.3 Å². The van der Waals surface area contributed by atoms with E-state index in [0.717, 1.165) is 31.1 Å². The molecule has 0 bridgehead atoms. The van der Waals surface area contributed by atoms with E-state index in [2.05, 4.69) is 86.9 Å². The van der Waals surface area contributed by atoms with Crippen LogP contribution in [0.25, 0.3) is 16.6 Å². The van der Waals surface area contributed by atoms with Gasteiger partial charge in [-0.25, -0.2) is 9.67 Å². The van der Waals surface area contributed by atoms with Gasteiger partial charge < -0.3 is 15.2 Å². The fourth-order valence-corrected chi connectivity index (χ4v) is 4.62. The summed E-state index contributed by atoms with van der Waals surface area (Å²) in [7, 11) is 0. The molecule has 2 aromatic carbocycles. The van der Waals surface area contributed by atoms with E-state index in [0.29, 0.717) is 6.04 Å². The molecule has 0 radical (unpaired) electrons. The molecule has 0 saturated carbocycles. The molecular weight excluding hydrogens is 384 g/mol. The average Bonchev–Trinajstić information content (AvgIpc) is 3.57. The lowest BCUT2D eigenvalue weighted by atomic mass is 10.1. The molecule has 1 aliphatic heterocycles. The van der Waals surface area contributed by atoms with Crippen molar-refractivity contribution < 1.29 is 0 Å². The lowest BCUT2D eigenvalue weighted by Crippen LogP contribution is -2.29. The maximum atomic E-state index is 4.25. The van der Waals surface area contributed by atoms with E-state index in [4.69, 9.17) is 0 Å². The highest BCUT2D eigenvalue weighted by atomic mass is 15.3. The van der Waals surface area contributed by atoms with Crippen LogP contribution >= 0.6 is 0 Å². The Hall–Kier alpha value is -2.96. The van der Waals surface area contributed by atoms with Crippen LogP contribution in [-0.2, 0) is 6.42 Å². The van der Waals surface area contributed by atoms with Crippen LogP contribution in [0.3, 0.4) is 0 Å². The molecule has 0 aliphatic carbocycles. The molecule has 0 spiro atoms. The van der Waals surface area contributed by atoms with Crippen LogP contribution in [0.15, 0.2) is 67.4 Å². The Morgan fingerprint density at radius 2 is 2.10 bits per heavy atom. The van der Waals surface area contributed by atoms with Gasteiger partial charge in [0.25, 0.3) is 0 Å². The first-order valence-corrected chi connectivity index (χ1v) is 11.2. The van der Waals surface area contributed by atoms with Crippen LogP contribution in [0.4, 0.5) is 0 Å². The second kappa shape index (κ2) is 9.04. The molecule has 1 aliphatic rings. The van der Waals surface area contributed by atoms with Gasteiger partial charge in [0.15, 0.2) is 0 Å². The molecule has 1 unspecified atom stereocenters. The van der Waals surface area contributed by atoms with Crippen molar-refractivity contribution in [3.63, 3.8) is 0 Å². The molecule has 5 rings (SSSR count). The van der Waals surface area contributed by atoms with E-state index < -0.39 is 0 Å². The first kappa shape index (κ1) is 20.0. The number of nitrogens with zero attached hydrogens (tertiary/aromatic N) is 4. The zero-order valence-corrected chi connectivity index (χ0v) is 18.0. The Labute approximate surface area is 183 Å². The quantitative estimate of drug-likeness (QED) is 0.458. The maximum Gasteiger partial charge on any atom is 0.138 e. The number of rotatable bonds is 8. The Kier molecular flexibility index (Phi) is 5.82. The van der Waals surface area contributed by atoms with Gasteiger partial charge in [0, 0.05) is 36.2 Å². The Bertz CT molecular complexity index is 1100. The van der Waals surface area contributed by atoms with E-state index in [1.807, 2.05) is 4.68 Å². The van der Waals surface area contributed by atoms with Crippen LogP contribution in [0.5, 0.6) is 0 Å². The number of likely N-dealkylation sites (tertiary alicyclic amines) is 1. The summed E-state index contributed by atoms with van der Waals surface area (Å²) in [5.41, 5.74) is 4.96. The second-order valence-electron chi connectivity index (χ2n) is 8.63. The minimum atomic E-state index is 0.403. The van der Waals surface area contributed by atoms with Gasteiger partial charge in [0.05, 0.1) is 5.69 Å². The fraction of sp³-hybridized carbons (Fsp3) is 0.360. The first-order valence-electron chi connectivity index (χ1n) is 11.2. The summed E-state index contributed by atoms with van der Waals surface area (Å²) in [6.45, 7) is 6.82. The standard InChI is InChI=1S/C25H30N6/c1-19(21-5-3-2-4-6-21)27-14-20-9-11-30(16-20)12-10-22-15-28-25-8-7-23(13-24(22)25)31-18-26-17-29-31/h2-8,13,15,17-20,27-28H,9-12,14,16H2,1H3/t19?,20-/m0/s1. The third kappa shape index (κ3) is 4.55. The number of fused-ring (bicyclic) bond motifs is 1. The van der Waals surface area contributed by atoms with E-state index in [9.17, 15) is 0 Å². The van der Waals surface area contributed by atoms with Crippen molar-refractivity contribution >= 4 is 10.9 Å². The Morgan fingerprint density at radius 1 is 1.19 bits per heavy atom. The number of benzene rings is 2. The summed E-state index contributed by atoms with van der Waals surface area (Å²) in [5, 5.41) is 9.26. The molecule has 31 heavy (non-hydrogen) atoms. The molecule has 2 atom stereocenters. The van der Waals surface area contributed by atoms with Crippen molar-refractivity contribution in [1.82, 2.24) is 30.0 Å². The van der Waals surface area contributed by atoms with Gasteiger partial charge in [-0.3, -0.25) is 0 Å². The normalized spacial score (nSPS) is 18.0. The lowest BCUT2D eigenvalue weighted by Gasteiger charge is -2.19. The topological polar surface area (TPSA) is 61.8 Å². The molecule has 4 aromatic rings. The number of hydrogen-bond acceptors (Lipinski definition) is 4. The van der Waals surface area contributed by atoms with Crippen LogP contribution in [0.1, 0.15) is 30.5 Å². The molecule has 2 N–H and O–H groups in total. The molecule has 3 heterocycles. The van der Waals surface area contributed by atoms with Crippen molar-refractivity contribution in [1.29, 1.82) is 0 Å². The molecule has 6 heteroatoms. The van der Waals surface area contributed by atoms with Crippen LogP contribution < -0.4 is 5.32 Å². The predicted molar refractivity (Wildman–Crippen MR) is 124 cm³/mol. The monoisotopic (exact) mass is 414 g/mol. The zero-order chi connectivity index (χ0) is 21.0. The number of nitrogens with one attached hydrogen (secondary N) is 2. The Balaban J connectivity index is 1.15. The summed E-state index contributed by atoms with van der Waals surface area (Å²) >= 11 is 0. The molecule has 1 fully saturated rings. The first-order chi connectivity index (χ1) is 15.3. The third-order valence-corrected chi connectivity index (χ3v) is 6.51. The Morgan fingerprint density at radius 3 is 2.94 bits per heavy atom. The van der Waals surface area contributed by atoms with Gasteiger partial charge in [-0.15, -0.1) is 0 Å². The summed E-state index contributed by atoms with van der Waals surface area (Å²) < 4.78 is 1.81. The van der Waals surface area contributed by atoms with Crippen molar-refractivity contribution in [2.24, 2.45) is 5.92 Å². The van der Waals surface area contributed by atoms with Gasteiger partial charge in [0.1, 0.15) is 12.7 Å². The van der Waals surface area contributed by atoms with Gasteiger partial charge >= 0.3 is 0 Å².